The van der Waals surface area contributed by atoms with Crippen molar-refractivity contribution in [2.45, 2.75) is 44.8 Å². The Labute approximate surface area is 169 Å². The Morgan fingerprint density at radius 1 is 1.24 bits per heavy atom. The number of carboxylic acid groups (broad SMARTS) is 1. The van der Waals surface area contributed by atoms with Crippen LogP contribution in [0.2, 0.25) is 0 Å². The van der Waals surface area contributed by atoms with Crippen LogP contribution in [0.4, 0.5) is 0 Å². The van der Waals surface area contributed by atoms with E-state index in [0.717, 1.165) is 0 Å². The van der Waals surface area contributed by atoms with E-state index in [-0.39, 0.29) is 12.2 Å². The largest absolute Gasteiger partial charge is 0.496 e. The Morgan fingerprint density at radius 3 is 2.48 bits per heavy atom. The molecule has 154 valence electrons. The first-order chi connectivity index (χ1) is 13.6. The van der Waals surface area contributed by atoms with Crippen LogP contribution in [0.15, 0.2) is 35.3 Å². The lowest BCUT2D eigenvalue weighted by Gasteiger charge is -2.28. The number of aliphatic imine (C=N–C) groups is 1. The van der Waals surface area contributed by atoms with Crippen molar-refractivity contribution in [3.63, 3.8) is 0 Å². The molecule has 3 atom stereocenters. The number of benzene rings is 1. The maximum absolute atomic E-state index is 12.9. The summed E-state index contributed by atoms with van der Waals surface area (Å²) >= 11 is 0. The van der Waals surface area contributed by atoms with Crippen molar-refractivity contribution in [2.24, 2.45) is 16.8 Å². The van der Waals surface area contributed by atoms with Crippen molar-refractivity contribution >= 4 is 23.9 Å². The third-order valence-corrected chi connectivity index (χ3v) is 4.98. The lowest BCUT2D eigenvalue weighted by Crippen LogP contribution is -2.41. The number of Topliss-reactive ketones (excluding diaryl/α,β-unsaturated/α-hetero) is 1. The molecule has 0 spiro atoms. The van der Waals surface area contributed by atoms with Crippen LogP contribution in [0, 0.1) is 11.8 Å². The Hall–Kier alpha value is -2.96. The Morgan fingerprint density at radius 2 is 1.97 bits per heavy atom. The number of hydrogen-bond acceptors (Lipinski definition) is 6. The molecule has 1 aliphatic heterocycles. The molecule has 3 unspecified atom stereocenters. The van der Waals surface area contributed by atoms with Gasteiger partial charge in [-0.2, -0.15) is 0 Å². The molecule has 1 N–H and O–H groups in total. The first-order valence-electron chi connectivity index (χ1n) is 9.47. The van der Waals surface area contributed by atoms with Gasteiger partial charge in [-0.15, -0.1) is 0 Å². The van der Waals surface area contributed by atoms with Crippen LogP contribution < -0.4 is 4.74 Å². The van der Waals surface area contributed by atoms with E-state index in [1.807, 2.05) is 0 Å². The maximum Gasteiger partial charge on any atom is 0.338 e. The summed E-state index contributed by atoms with van der Waals surface area (Å²) in [5, 5.41) is 9.09. The van der Waals surface area contributed by atoms with Crippen molar-refractivity contribution < 1.29 is 29.0 Å². The third-order valence-electron chi connectivity index (χ3n) is 4.98. The van der Waals surface area contributed by atoms with Crippen molar-refractivity contribution in [2.75, 3.05) is 7.11 Å². The first kappa shape index (κ1) is 20.8. The minimum Gasteiger partial charge on any atom is -0.496 e. The van der Waals surface area contributed by atoms with E-state index in [1.165, 1.54) is 7.11 Å². The summed E-state index contributed by atoms with van der Waals surface area (Å²) in [5.41, 5.74) is -0.874. The van der Waals surface area contributed by atoms with Crippen molar-refractivity contribution in [3.8, 4) is 5.75 Å². The minimum absolute atomic E-state index is 0.159. The number of ether oxygens (including phenoxy) is 2. The fourth-order valence-electron chi connectivity index (χ4n) is 3.42. The molecule has 1 heterocycles. The van der Waals surface area contributed by atoms with E-state index in [4.69, 9.17) is 14.6 Å². The van der Waals surface area contributed by atoms with Gasteiger partial charge in [0, 0.05) is 24.1 Å². The molecule has 1 aromatic carbocycles. The Bertz CT molecular complexity index is 896. The van der Waals surface area contributed by atoms with Crippen molar-refractivity contribution in [1.82, 2.24) is 0 Å². The number of rotatable bonds is 7. The van der Waals surface area contributed by atoms with Gasteiger partial charge in [-0.3, -0.25) is 14.6 Å². The summed E-state index contributed by atoms with van der Waals surface area (Å²) in [5.74, 6) is -2.25. The van der Waals surface area contributed by atoms with Gasteiger partial charge in [0.1, 0.15) is 11.4 Å². The highest BCUT2D eigenvalue weighted by Gasteiger charge is 2.48. The Balaban J connectivity index is 1.90. The fourth-order valence-corrected chi connectivity index (χ4v) is 3.42. The van der Waals surface area contributed by atoms with Crippen molar-refractivity contribution in [1.29, 1.82) is 0 Å². The molecule has 3 rings (SSSR count). The molecule has 1 aromatic rings. The van der Waals surface area contributed by atoms with Gasteiger partial charge in [-0.1, -0.05) is 0 Å². The molecule has 2 aliphatic rings. The second-order valence-corrected chi connectivity index (χ2v) is 8.42. The van der Waals surface area contributed by atoms with Gasteiger partial charge in [-0.05, 0) is 63.1 Å². The average molecular weight is 399 g/mol. The zero-order chi connectivity index (χ0) is 21.4. The van der Waals surface area contributed by atoms with Gasteiger partial charge in [0.2, 0.25) is 0 Å². The standard InChI is InChI=1S/C22H25NO6/c1-21(2,3)29-20(27)22(8-5-9-23-22)12-14-10-13(6-7-17(14)28-4)18(24)15-11-16(15)19(25)26/h5-10,15-16H,11-12H2,1-4H3,(H,25,26). The van der Waals surface area contributed by atoms with E-state index in [2.05, 4.69) is 4.99 Å². The number of ketones is 1. The number of hydrogen-bond donors (Lipinski definition) is 1. The molecule has 7 nitrogen and oxygen atoms in total. The van der Waals surface area contributed by atoms with E-state index in [9.17, 15) is 14.4 Å². The average Bonchev–Trinajstić information content (AvgIpc) is 3.31. The maximum atomic E-state index is 12.9. The molecule has 0 saturated heterocycles. The molecule has 1 fully saturated rings. The third kappa shape index (κ3) is 4.39. The highest BCUT2D eigenvalue weighted by Crippen LogP contribution is 2.42. The van der Waals surface area contributed by atoms with Crippen LogP contribution in [0.3, 0.4) is 0 Å². The second-order valence-electron chi connectivity index (χ2n) is 8.42. The summed E-state index contributed by atoms with van der Waals surface area (Å²) in [6.07, 6.45) is 5.42. The number of methoxy groups -OCH3 is 1. The normalized spacial score (nSPS) is 25.0. The number of carboxylic acids is 1. The predicted octanol–water partition coefficient (Wildman–Crippen LogP) is 2.86. The van der Waals surface area contributed by atoms with Gasteiger partial charge in [-0.25, -0.2) is 4.79 Å². The Kier molecular flexibility index (Phi) is 5.34. The lowest BCUT2D eigenvalue weighted by molar-refractivity contribution is -0.159. The van der Waals surface area contributed by atoms with Crippen LogP contribution in [0.5, 0.6) is 5.75 Å². The fraction of sp³-hybridized carbons (Fsp3) is 0.455. The SMILES string of the molecule is COc1ccc(C(=O)C2CC2C(=O)O)cc1CC1(C(=O)OC(C)(C)C)C=CC=N1. The van der Waals surface area contributed by atoms with Crippen LogP contribution in [-0.2, 0) is 20.7 Å². The quantitative estimate of drug-likeness (QED) is 0.559. The number of carbonyl (C=O) groups is 3. The summed E-state index contributed by atoms with van der Waals surface area (Å²) < 4.78 is 11.0. The number of allylic oxidation sites excluding steroid dienone is 1. The van der Waals surface area contributed by atoms with Gasteiger partial charge >= 0.3 is 11.9 Å². The van der Waals surface area contributed by atoms with Crippen LogP contribution in [0.1, 0.15) is 43.1 Å². The summed E-state index contributed by atoms with van der Waals surface area (Å²) in [6, 6.07) is 4.94. The van der Waals surface area contributed by atoms with Gasteiger partial charge < -0.3 is 14.6 Å². The van der Waals surface area contributed by atoms with Crippen LogP contribution in [0.25, 0.3) is 0 Å². The lowest BCUT2D eigenvalue weighted by atomic mass is 9.89. The highest BCUT2D eigenvalue weighted by molar-refractivity contribution is 6.03. The smallest absolute Gasteiger partial charge is 0.338 e. The number of nitrogens with zero attached hydrogens (tertiary/aromatic N) is 1. The predicted molar refractivity (Wildman–Crippen MR) is 106 cm³/mol. The monoisotopic (exact) mass is 399 g/mol. The molecular formula is C22H25NO6. The molecule has 0 aromatic heterocycles. The first-order valence-corrected chi connectivity index (χ1v) is 9.47. The van der Waals surface area contributed by atoms with Crippen molar-refractivity contribution in [3.05, 3.63) is 41.5 Å². The second kappa shape index (κ2) is 7.46. The topological polar surface area (TPSA) is 102 Å². The molecule has 1 saturated carbocycles. The summed E-state index contributed by atoms with van der Waals surface area (Å²) in [6.45, 7) is 5.36. The molecule has 29 heavy (non-hydrogen) atoms. The minimum atomic E-state index is -1.23. The molecule has 7 heteroatoms. The zero-order valence-electron chi connectivity index (χ0n) is 17.0. The molecule has 0 amide bonds. The summed E-state index contributed by atoms with van der Waals surface area (Å²) in [7, 11) is 1.51. The number of aliphatic carboxylic acids is 1. The van der Waals surface area contributed by atoms with Gasteiger partial charge in [0.25, 0.3) is 0 Å². The molecular weight excluding hydrogens is 374 g/mol. The van der Waals surface area contributed by atoms with E-state index in [0.29, 0.717) is 23.3 Å². The van der Waals surface area contributed by atoms with Crippen LogP contribution in [-0.4, -0.2) is 47.3 Å². The summed E-state index contributed by atoms with van der Waals surface area (Å²) in [4.78, 5) is 41.0. The number of carbonyl (C=O) groups excluding carboxylic acids is 2. The number of esters is 1. The van der Waals surface area contributed by atoms with E-state index >= 15 is 0 Å². The van der Waals surface area contributed by atoms with E-state index < -0.39 is 34.9 Å². The highest BCUT2D eigenvalue weighted by atomic mass is 16.6. The molecule has 1 aliphatic carbocycles. The zero-order valence-corrected chi connectivity index (χ0v) is 17.0. The van der Waals surface area contributed by atoms with Gasteiger partial charge in [0.05, 0.1) is 13.0 Å². The van der Waals surface area contributed by atoms with E-state index in [1.54, 1.807) is 57.3 Å². The van der Waals surface area contributed by atoms with Crippen LogP contribution >= 0.6 is 0 Å². The molecule has 0 bridgehead atoms. The molecule has 0 radical (unpaired) electrons. The van der Waals surface area contributed by atoms with Gasteiger partial charge in [0.15, 0.2) is 11.3 Å².